The Morgan fingerprint density at radius 3 is 2.40 bits per heavy atom. The smallest absolute Gasteiger partial charge is 0.471 e. The Hall–Kier alpha value is -1.47. The SMILES string of the molecule is Cl.O=C(O)CC(NC(=O)C(F)(F)F)c1cccc(Cl)c1. The van der Waals surface area contributed by atoms with Crippen LogP contribution in [-0.4, -0.2) is 23.2 Å². The van der Waals surface area contributed by atoms with E-state index in [0.717, 1.165) is 0 Å². The number of rotatable bonds is 4. The molecular formula is C11H10Cl2F3NO3. The van der Waals surface area contributed by atoms with E-state index in [-0.39, 0.29) is 23.0 Å². The lowest BCUT2D eigenvalue weighted by Gasteiger charge is -2.18. The van der Waals surface area contributed by atoms with Gasteiger partial charge in [0.2, 0.25) is 0 Å². The standard InChI is InChI=1S/C11H9ClF3NO3.ClH/c12-7-3-1-2-6(4-7)8(5-9(17)18)16-10(19)11(13,14)15;/h1-4,8H,5H2,(H,16,19)(H,17,18);1H. The average Bonchev–Trinajstić information content (AvgIpc) is 2.26. The maximum atomic E-state index is 12.2. The lowest BCUT2D eigenvalue weighted by atomic mass is 10.0. The molecule has 0 heterocycles. The summed E-state index contributed by atoms with van der Waals surface area (Å²) in [7, 11) is 0. The molecule has 0 aliphatic rings. The third-order valence-corrected chi connectivity index (χ3v) is 2.43. The van der Waals surface area contributed by atoms with Crippen molar-refractivity contribution < 1.29 is 27.9 Å². The quantitative estimate of drug-likeness (QED) is 0.891. The minimum absolute atomic E-state index is 0. The largest absolute Gasteiger partial charge is 0.481 e. The minimum atomic E-state index is -5.07. The van der Waals surface area contributed by atoms with Crippen molar-refractivity contribution in [1.29, 1.82) is 0 Å². The second-order valence-corrected chi connectivity index (χ2v) is 4.11. The molecule has 1 rings (SSSR count). The van der Waals surface area contributed by atoms with Crippen LogP contribution in [0.15, 0.2) is 24.3 Å². The molecule has 0 spiro atoms. The van der Waals surface area contributed by atoms with Crippen LogP contribution in [0.1, 0.15) is 18.0 Å². The van der Waals surface area contributed by atoms with Gasteiger partial charge in [-0.1, -0.05) is 23.7 Å². The van der Waals surface area contributed by atoms with E-state index in [0.29, 0.717) is 0 Å². The van der Waals surface area contributed by atoms with Crippen molar-refractivity contribution in [3.63, 3.8) is 0 Å². The van der Waals surface area contributed by atoms with Crippen molar-refractivity contribution in [2.24, 2.45) is 0 Å². The molecule has 1 aromatic rings. The van der Waals surface area contributed by atoms with Gasteiger partial charge < -0.3 is 10.4 Å². The van der Waals surface area contributed by atoms with E-state index < -0.39 is 30.5 Å². The van der Waals surface area contributed by atoms with Gasteiger partial charge in [0.05, 0.1) is 12.5 Å². The summed E-state index contributed by atoms with van der Waals surface area (Å²) in [5.41, 5.74) is 0.188. The van der Waals surface area contributed by atoms with Gasteiger partial charge in [0.15, 0.2) is 0 Å². The number of hydrogen-bond donors (Lipinski definition) is 2. The highest BCUT2D eigenvalue weighted by Gasteiger charge is 2.40. The van der Waals surface area contributed by atoms with Crippen molar-refractivity contribution in [3.8, 4) is 0 Å². The van der Waals surface area contributed by atoms with Crippen LogP contribution in [-0.2, 0) is 9.59 Å². The van der Waals surface area contributed by atoms with E-state index >= 15 is 0 Å². The van der Waals surface area contributed by atoms with Gasteiger partial charge in [-0.3, -0.25) is 9.59 Å². The normalized spacial score (nSPS) is 12.2. The molecule has 0 fully saturated rings. The average molecular weight is 332 g/mol. The van der Waals surface area contributed by atoms with Crippen LogP contribution in [0.25, 0.3) is 0 Å². The van der Waals surface area contributed by atoms with Crippen LogP contribution in [0.4, 0.5) is 13.2 Å². The molecule has 1 atom stereocenters. The molecule has 4 nitrogen and oxygen atoms in total. The molecule has 20 heavy (non-hydrogen) atoms. The fourth-order valence-electron chi connectivity index (χ4n) is 1.39. The summed E-state index contributed by atoms with van der Waals surface area (Å²) in [6.07, 6.45) is -5.75. The Morgan fingerprint density at radius 2 is 1.95 bits per heavy atom. The molecule has 0 aromatic heterocycles. The molecule has 0 aliphatic heterocycles. The fourth-order valence-corrected chi connectivity index (χ4v) is 1.59. The number of benzene rings is 1. The van der Waals surface area contributed by atoms with Crippen molar-refractivity contribution in [3.05, 3.63) is 34.9 Å². The van der Waals surface area contributed by atoms with Gasteiger partial charge in [0, 0.05) is 5.02 Å². The van der Waals surface area contributed by atoms with Crippen molar-refractivity contribution in [2.75, 3.05) is 0 Å². The van der Waals surface area contributed by atoms with Crippen molar-refractivity contribution in [1.82, 2.24) is 5.32 Å². The van der Waals surface area contributed by atoms with Gasteiger partial charge >= 0.3 is 18.1 Å². The maximum Gasteiger partial charge on any atom is 0.471 e. The predicted octanol–water partition coefficient (Wildman–Crippen LogP) is 2.96. The summed E-state index contributed by atoms with van der Waals surface area (Å²) >= 11 is 5.67. The van der Waals surface area contributed by atoms with Gasteiger partial charge in [-0.05, 0) is 17.7 Å². The number of carboxylic acid groups (broad SMARTS) is 1. The first kappa shape index (κ1) is 18.5. The number of aliphatic carboxylic acids is 1. The van der Waals surface area contributed by atoms with Crippen LogP contribution in [0.2, 0.25) is 5.02 Å². The zero-order valence-corrected chi connectivity index (χ0v) is 11.4. The molecule has 1 unspecified atom stereocenters. The highest BCUT2D eigenvalue weighted by molar-refractivity contribution is 6.30. The summed E-state index contributed by atoms with van der Waals surface area (Å²) < 4.78 is 36.5. The summed E-state index contributed by atoms with van der Waals surface area (Å²) in [4.78, 5) is 21.5. The molecule has 2 N–H and O–H groups in total. The lowest BCUT2D eigenvalue weighted by molar-refractivity contribution is -0.174. The van der Waals surface area contributed by atoms with Gasteiger partial charge in [-0.2, -0.15) is 13.2 Å². The highest BCUT2D eigenvalue weighted by atomic mass is 35.5. The fraction of sp³-hybridized carbons (Fsp3) is 0.273. The minimum Gasteiger partial charge on any atom is -0.481 e. The second-order valence-electron chi connectivity index (χ2n) is 3.68. The summed E-state index contributed by atoms with van der Waals surface area (Å²) in [5.74, 6) is -3.54. The number of nitrogens with one attached hydrogen (secondary N) is 1. The zero-order chi connectivity index (χ0) is 14.6. The van der Waals surface area contributed by atoms with Gasteiger partial charge in [-0.15, -0.1) is 12.4 Å². The Kier molecular flexibility index (Phi) is 6.81. The van der Waals surface area contributed by atoms with Crippen LogP contribution in [0, 0.1) is 0 Å². The van der Waals surface area contributed by atoms with Crippen LogP contribution in [0.3, 0.4) is 0 Å². The number of carbonyl (C=O) groups excluding carboxylic acids is 1. The number of alkyl halides is 3. The lowest BCUT2D eigenvalue weighted by Crippen LogP contribution is -2.39. The number of carbonyl (C=O) groups is 2. The van der Waals surface area contributed by atoms with E-state index in [4.69, 9.17) is 16.7 Å². The Morgan fingerprint density at radius 1 is 1.35 bits per heavy atom. The van der Waals surface area contributed by atoms with Crippen LogP contribution in [0.5, 0.6) is 0 Å². The molecule has 0 saturated carbocycles. The van der Waals surface area contributed by atoms with Crippen LogP contribution < -0.4 is 5.32 Å². The van der Waals surface area contributed by atoms with Gasteiger partial charge in [-0.25, -0.2) is 0 Å². The number of carboxylic acids is 1. The summed E-state index contributed by atoms with van der Waals surface area (Å²) in [6, 6.07) is 4.31. The molecule has 1 aromatic carbocycles. The Labute approximate surface area is 123 Å². The Bertz CT molecular complexity index is 494. The van der Waals surface area contributed by atoms with E-state index in [9.17, 15) is 22.8 Å². The molecular weight excluding hydrogens is 322 g/mol. The third-order valence-electron chi connectivity index (χ3n) is 2.19. The number of halogens is 5. The summed E-state index contributed by atoms with van der Waals surface area (Å²) in [5, 5.41) is 10.5. The Balaban J connectivity index is 0.00000361. The molecule has 0 saturated heterocycles. The first-order valence-corrected chi connectivity index (χ1v) is 5.43. The second kappa shape index (κ2) is 7.35. The molecule has 9 heteroatoms. The topological polar surface area (TPSA) is 66.4 Å². The number of amides is 1. The van der Waals surface area contributed by atoms with E-state index in [1.54, 1.807) is 5.32 Å². The van der Waals surface area contributed by atoms with Gasteiger partial charge in [0.25, 0.3) is 0 Å². The van der Waals surface area contributed by atoms with Crippen molar-refractivity contribution >= 4 is 35.9 Å². The number of hydrogen-bond acceptors (Lipinski definition) is 2. The highest BCUT2D eigenvalue weighted by Crippen LogP contribution is 2.23. The predicted molar refractivity (Wildman–Crippen MR) is 67.9 cm³/mol. The molecule has 1 amide bonds. The zero-order valence-electron chi connectivity index (χ0n) is 9.78. The van der Waals surface area contributed by atoms with E-state index in [1.807, 2.05) is 0 Å². The molecule has 0 aliphatic carbocycles. The van der Waals surface area contributed by atoms with Gasteiger partial charge in [0.1, 0.15) is 0 Å². The van der Waals surface area contributed by atoms with Crippen LogP contribution >= 0.6 is 24.0 Å². The maximum absolute atomic E-state index is 12.2. The van der Waals surface area contributed by atoms with E-state index in [1.165, 1.54) is 24.3 Å². The molecule has 0 bridgehead atoms. The molecule has 0 radical (unpaired) electrons. The first-order valence-electron chi connectivity index (χ1n) is 5.05. The first-order chi connectivity index (χ1) is 8.70. The third kappa shape index (κ3) is 5.66. The molecule has 112 valence electrons. The monoisotopic (exact) mass is 331 g/mol. The van der Waals surface area contributed by atoms with E-state index in [2.05, 4.69) is 0 Å². The summed E-state index contributed by atoms with van der Waals surface area (Å²) in [6.45, 7) is 0. The van der Waals surface area contributed by atoms with Crippen molar-refractivity contribution in [2.45, 2.75) is 18.6 Å².